The van der Waals surface area contributed by atoms with Crippen molar-refractivity contribution in [1.82, 2.24) is 4.98 Å². The van der Waals surface area contributed by atoms with Crippen LogP contribution in [0.15, 0.2) is 47.6 Å². The maximum Gasteiger partial charge on any atom is 0.234 e. The third-order valence-corrected chi connectivity index (χ3v) is 5.52. The number of thioether (sulfide) groups is 1. The van der Waals surface area contributed by atoms with Gasteiger partial charge in [0.25, 0.3) is 0 Å². The van der Waals surface area contributed by atoms with Gasteiger partial charge in [-0.25, -0.2) is 4.98 Å². The number of pyridine rings is 1. The highest BCUT2D eigenvalue weighted by molar-refractivity contribution is 7.99. The minimum absolute atomic E-state index is 0.0831. The second-order valence-corrected chi connectivity index (χ2v) is 7.45. The van der Waals surface area contributed by atoms with Crippen molar-refractivity contribution in [2.24, 2.45) is 5.92 Å². The number of hydrogen-bond donors (Lipinski definition) is 2. The zero-order valence-electron chi connectivity index (χ0n) is 14.8. The first-order valence-corrected chi connectivity index (χ1v) is 9.86. The van der Waals surface area contributed by atoms with Crippen LogP contribution in [0.3, 0.4) is 0 Å². The standard InChI is InChI=1S/C20H23N3O2S/c1-14-16(22-18(24)13-26-19-11-4-5-12-21-19)9-6-10-17(14)23-20(25)15-7-2-3-8-15/h4-6,9-12,15H,2-3,7-8,13H2,1H3,(H,22,24)(H,23,25). The first kappa shape index (κ1) is 18.5. The molecule has 2 amide bonds. The number of carbonyl (C=O) groups excluding carboxylic acids is 2. The quantitative estimate of drug-likeness (QED) is 0.747. The maximum atomic E-state index is 12.4. The highest BCUT2D eigenvalue weighted by Gasteiger charge is 2.23. The summed E-state index contributed by atoms with van der Waals surface area (Å²) in [7, 11) is 0. The van der Waals surface area contributed by atoms with Crippen LogP contribution in [0.2, 0.25) is 0 Å². The fourth-order valence-electron chi connectivity index (χ4n) is 3.09. The molecule has 1 aromatic heterocycles. The van der Waals surface area contributed by atoms with Crippen LogP contribution >= 0.6 is 11.8 Å². The zero-order chi connectivity index (χ0) is 18.4. The minimum Gasteiger partial charge on any atom is -0.326 e. The lowest BCUT2D eigenvalue weighted by Crippen LogP contribution is -2.21. The van der Waals surface area contributed by atoms with Crippen molar-refractivity contribution in [3.8, 4) is 0 Å². The second kappa shape index (κ2) is 8.85. The molecule has 2 N–H and O–H groups in total. The first-order valence-electron chi connectivity index (χ1n) is 8.87. The third kappa shape index (κ3) is 4.85. The molecule has 136 valence electrons. The average molecular weight is 369 g/mol. The predicted octanol–water partition coefficient (Wildman–Crippen LogP) is 4.25. The van der Waals surface area contributed by atoms with Crippen LogP contribution < -0.4 is 10.6 Å². The zero-order valence-corrected chi connectivity index (χ0v) is 15.6. The lowest BCUT2D eigenvalue weighted by Gasteiger charge is -2.15. The molecule has 0 aliphatic heterocycles. The number of nitrogens with one attached hydrogen (secondary N) is 2. The van der Waals surface area contributed by atoms with E-state index in [1.54, 1.807) is 6.20 Å². The molecule has 5 nitrogen and oxygen atoms in total. The van der Waals surface area contributed by atoms with Gasteiger partial charge in [-0.05, 0) is 49.6 Å². The Bertz CT molecular complexity index is 774. The van der Waals surface area contributed by atoms with Crippen LogP contribution in [0.1, 0.15) is 31.2 Å². The van der Waals surface area contributed by atoms with Gasteiger partial charge < -0.3 is 10.6 Å². The van der Waals surface area contributed by atoms with Crippen LogP contribution in [0.4, 0.5) is 11.4 Å². The highest BCUT2D eigenvalue weighted by Crippen LogP contribution is 2.28. The fourth-order valence-corrected chi connectivity index (χ4v) is 3.75. The molecule has 0 bridgehead atoms. The molecule has 1 saturated carbocycles. The van der Waals surface area contributed by atoms with Gasteiger partial charge in [0, 0.05) is 23.5 Å². The molecule has 1 aliphatic rings. The smallest absolute Gasteiger partial charge is 0.234 e. The number of rotatable bonds is 6. The number of anilines is 2. The molecule has 1 aliphatic carbocycles. The average Bonchev–Trinajstić information content (AvgIpc) is 3.19. The van der Waals surface area contributed by atoms with Crippen molar-refractivity contribution in [1.29, 1.82) is 0 Å². The van der Waals surface area contributed by atoms with Gasteiger partial charge in [-0.3, -0.25) is 9.59 Å². The fraction of sp³-hybridized carbons (Fsp3) is 0.350. The summed E-state index contributed by atoms with van der Waals surface area (Å²) in [6.45, 7) is 1.91. The molecule has 1 heterocycles. The molecule has 0 atom stereocenters. The Hall–Kier alpha value is -2.34. The largest absolute Gasteiger partial charge is 0.326 e. The van der Waals surface area contributed by atoms with E-state index in [0.717, 1.165) is 47.6 Å². The van der Waals surface area contributed by atoms with Crippen molar-refractivity contribution < 1.29 is 9.59 Å². The van der Waals surface area contributed by atoms with Gasteiger partial charge in [-0.15, -0.1) is 0 Å². The van der Waals surface area contributed by atoms with E-state index in [1.165, 1.54) is 11.8 Å². The van der Waals surface area contributed by atoms with Gasteiger partial charge >= 0.3 is 0 Å². The Labute approximate surface area is 158 Å². The van der Waals surface area contributed by atoms with E-state index in [9.17, 15) is 9.59 Å². The summed E-state index contributed by atoms with van der Waals surface area (Å²) in [5, 5.41) is 6.76. The van der Waals surface area contributed by atoms with Crippen LogP contribution in [-0.2, 0) is 9.59 Å². The summed E-state index contributed by atoms with van der Waals surface area (Å²) in [4.78, 5) is 28.8. The van der Waals surface area contributed by atoms with Gasteiger partial charge in [-0.1, -0.05) is 36.7 Å². The summed E-state index contributed by atoms with van der Waals surface area (Å²) >= 11 is 1.39. The van der Waals surface area contributed by atoms with Gasteiger partial charge in [0.15, 0.2) is 0 Å². The summed E-state index contributed by atoms with van der Waals surface area (Å²) in [5.74, 6) is 0.389. The van der Waals surface area contributed by atoms with E-state index in [1.807, 2.05) is 43.3 Å². The van der Waals surface area contributed by atoms with E-state index < -0.39 is 0 Å². The van der Waals surface area contributed by atoms with Gasteiger partial charge in [0.2, 0.25) is 11.8 Å². The lowest BCUT2D eigenvalue weighted by molar-refractivity contribution is -0.119. The number of carbonyl (C=O) groups is 2. The molecule has 26 heavy (non-hydrogen) atoms. The third-order valence-electron chi connectivity index (χ3n) is 4.58. The van der Waals surface area contributed by atoms with E-state index in [2.05, 4.69) is 15.6 Å². The first-order chi connectivity index (χ1) is 12.6. The molecule has 0 saturated heterocycles. The number of hydrogen-bond acceptors (Lipinski definition) is 4. The van der Waals surface area contributed by atoms with Gasteiger partial charge in [0.1, 0.15) is 0 Å². The van der Waals surface area contributed by atoms with Crippen LogP contribution in [0, 0.1) is 12.8 Å². The van der Waals surface area contributed by atoms with Crippen molar-refractivity contribution in [3.05, 3.63) is 48.2 Å². The Morgan fingerprint density at radius 3 is 2.50 bits per heavy atom. The Kier molecular flexibility index (Phi) is 6.28. The molecule has 0 spiro atoms. The molecule has 1 fully saturated rings. The SMILES string of the molecule is Cc1c(NC(=O)CSc2ccccn2)cccc1NC(=O)C1CCCC1. The van der Waals surface area contributed by atoms with E-state index in [0.29, 0.717) is 0 Å². The Balaban J connectivity index is 1.59. The van der Waals surface area contributed by atoms with Crippen LogP contribution in [0.25, 0.3) is 0 Å². The van der Waals surface area contributed by atoms with E-state index in [-0.39, 0.29) is 23.5 Å². The summed E-state index contributed by atoms with van der Waals surface area (Å²) < 4.78 is 0. The van der Waals surface area contributed by atoms with Crippen LogP contribution in [0.5, 0.6) is 0 Å². The molecular weight excluding hydrogens is 346 g/mol. The number of aromatic nitrogens is 1. The van der Waals surface area contributed by atoms with Crippen molar-refractivity contribution in [2.45, 2.75) is 37.6 Å². The second-order valence-electron chi connectivity index (χ2n) is 6.45. The molecule has 1 aromatic carbocycles. The normalized spacial score (nSPS) is 14.2. The van der Waals surface area contributed by atoms with Crippen molar-refractivity contribution in [2.75, 3.05) is 16.4 Å². The lowest BCUT2D eigenvalue weighted by atomic mass is 10.1. The van der Waals surface area contributed by atoms with Crippen molar-refractivity contribution in [3.63, 3.8) is 0 Å². The molecule has 6 heteroatoms. The summed E-state index contributed by atoms with van der Waals surface area (Å²) in [5.41, 5.74) is 2.35. The topological polar surface area (TPSA) is 71.1 Å². The number of benzene rings is 1. The molecular formula is C20H23N3O2S. The van der Waals surface area contributed by atoms with Crippen LogP contribution in [-0.4, -0.2) is 22.6 Å². The number of nitrogens with zero attached hydrogens (tertiary/aromatic N) is 1. The molecule has 2 aromatic rings. The van der Waals surface area contributed by atoms with Gasteiger partial charge in [0.05, 0.1) is 10.8 Å². The Morgan fingerprint density at radius 1 is 1.08 bits per heavy atom. The van der Waals surface area contributed by atoms with E-state index in [4.69, 9.17) is 0 Å². The van der Waals surface area contributed by atoms with E-state index >= 15 is 0 Å². The monoisotopic (exact) mass is 369 g/mol. The summed E-state index contributed by atoms with van der Waals surface area (Å²) in [6.07, 6.45) is 5.89. The van der Waals surface area contributed by atoms with Crippen molar-refractivity contribution >= 4 is 35.0 Å². The molecule has 0 unspecified atom stereocenters. The maximum absolute atomic E-state index is 12.4. The summed E-state index contributed by atoms with van der Waals surface area (Å²) in [6, 6.07) is 11.2. The minimum atomic E-state index is -0.0944. The predicted molar refractivity (Wildman–Crippen MR) is 105 cm³/mol. The highest BCUT2D eigenvalue weighted by atomic mass is 32.2. The molecule has 3 rings (SSSR count). The van der Waals surface area contributed by atoms with Gasteiger partial charge in [-0.2, -0.15) is 0 Å². The Morgan fingerprint density at radius 2 is 1.81 bits per heavy atom. The molecule has 0 radical (unpaired) electrons. The number of amides is 2.